The van der Waals surface area contributed by atoms with Crippen molar-refractivity contribution in [3.05, 3.63) is 127 Å². The average molecular weight is 427 g/mol. The summed E-state index contributed by atoms with van der Waals surface area (Å²) in [4.78, 5) is 0. The molecule has 2 heterocycles. The summed E-state index contributed by atoms with van der Waals surface area (Å²) in [6.07, 6.45) is 5.96. The average Bonchev–Trinajstić information content (AvgIpc) is 3.13. The first-order valence-electron chi connectivity index (χ1n) is 10.9. The zero-order valence-corrected chi connectivity index (χ0v) is 18.0. The third-order valence-electron chi connectivity index (χ3n) is 6.22. The van der Waals surface area contributed by atoms with E-state index in [1.807, 2.05) is 48.6 Å². The molecule has 0 spiro atoms. The Morgan fingerprint density at radius 1 is 0.788 bits per heavy atom. The third kappa shape index (κ3) is 3.22. The van der Waals surface area contributed by atoms with Gasteiger partial charge in [-0.05, 0) is 52.6 Å². The van der Waals surface area contributed by atoms with Gasteiger partial charge in [-0.2, -0.15) is 0 Å². The molecule has 0 radical (unpaired) electrons. The molecule has 0 bridgehead atoms. The fourth-order valence-electron chi connectivity index (χ4n) is 4.41. The van der Waals surface area contributed by atoms with Crippen molar-refractivity contribution in [1.82, 2.24) is 4.68 Å². The van der Waals surface area contributed by atoms with E-state index in [9.17, 15) is 0 Å². The molecule has 4 aromatic carbocycles. The van der Waals surface area contributed by atoms with Crippen molar-refractivity contribution in [3.8, 4) is 16.9 Å². The van der Waals surface area contributed by atoms with Crippen molar-refractivity contribution in [2.24, 2.45) is 0 Å². The number of aromatic nitrogens is 1. The lowest BCUT2D eigenvalue weighted by Gasteiger charge is -2.22. The molecule has 1 aromatic heterocycles. The highest BCUT2D eigenvalue weighted by atomic mass is 16.5. The summed E-state index contributed by atoms with van der Waals surface area (Å²) < 4.78 is 7.44. The molecular weight excluding hydrogens is 404 g/mol. The summed E-state index contributed by atoms with van der Waals surface area (Å²) in [6.45, 7) is 4.21. The zero-order chi connectivity index (χ0) is 22.4. The second-order valence-electron chi connectivity index (χ2n) is 8.21. The highest BCUT2D eigenvalue weighted by Gasteiger charge is 2.19. The molecule has 5 aromatic rings. The summed E-state index contributed by atoms with van der Waals surface area (Å²) in [7, 11) is 0. The van der Waals surface area contributed by atoms with Crippen molar-refractivity contribution in [1.29, 1.82) is 0 Å². The lowest BCUT2D eigenvalue weighted by atomic mass is 9.99. The Hall–Kier alpha value is -4.50. The number of rotatable bonds is 4. The van der Waals surface area contributed by atoms with E-state index in [1.165, 1.54) is 10.8 Å². The number of hydrogen-bond donors (Lipinski definition) is 1. The molecule has 0 amide bonds. The van der Waals surface area contributed by atoms with Crippen LogP contribution in [0.5, 0.6) is 5.75 Å². The Balaban J connectivity index is 1.23. The Bertz CT molecular complexity index is 1600. The second-order valence-corrected chi connectivity index (χ2v) is 8.21. The van der Waals surface area contributed by atoms with Crippen LogP contribution < -0.4 is 10.6 Å². The van der Waals surface area contributed by atoms with Crippen LogP contribution in [0.25, 0.3) is 44.3 Å². The molecule has 0 atom stereocenters. The molecule has 33 heavy (non-hydrogen) atoms. The van der Waals surface area contributed by atoms with Crippen molar-refractivity contribution in [3.63, 3.8) is 0 Å². The number of nitrogens with two attached hydrogens (primary N) is 1. The van der Waals surface area contributed by atoms with E-state index in [0.717, 1.165) is 50.4 Å². The van der Waals surface area contributed by atoms with Gasteiger partial charge in [-0.25, -0.2) is 0 Å². The van der Waals surface area contributed by atoms with Crippen LogP contribution in [0.1, 0.15) is 11.1 Å². The van der Waals surface area contributed by atoms with E-state index in [2.05, 4.69) is 67.2 Å². The Morgan fingerprint density at radius 2 is 1.52 bits per heavy atom. The van der Waals surface area contributed by atoms with Gasteiger partial charge in [0, 0.05) is 10.8 Å². The number of benzene rings is 4. The molecule has 0 unspecified atom stereocenters. The van der Waals surface area contributed by atoms with Crippen molar-refractivity contribution in [2.75, 3.05) is 5.84 Å². The molecule has 1 aliphatic heterocycles. The number of allylic oxidation sites excluding steroid dienone is 4. The Kier molecular flexibility index (Phi) is 4.41. The van der Waals surface area contributed by atoms with Gasteiger partial charge in [0.2, 0.25) is 0 Å². The first kappa shape index (κ1) is 19.2. The van der Waals surface area contributed by atoms with Crippen molar-refractivity contribution < 1.29 is 4.74 Å². The molecule has 158 valence electrons. The van der Waals surface area contributed by atoms with Crippen LogP contribution in [-0.2, 0) is 0 Å². The van der Waals surface area contributed by atoms with Gasteiger partial charge in [-0.15, -0.1) is 0 Å². The molecular formula is C30H22N2O. The first-order valence-corrected chi connectivity index (χ1v) is 10.9. The molecule has 1 aliphatic rings. The minimum atomic E-state index is 0.887. The van der Waals surface area contributed by atoms with Gasteiger partial charge in [0.15, 0.2) is 0 Å². The van der Waals surface area contributed by atoms with Gasteiger partial charge in [0.1, 0.15) is 11.5 Å². The van der Waals surface area contributed by atoms with E-state index < -0.39 is 0 Å². The van der Waals surface area contributed by atoms with E-state index in [-0.39, 0.29) is 0 Å². The maximum atomic E-state index is 6.38. The number of fused-ring (bicyclic) bond motifs is 4. The topological polar surface area (TPSA) is 40.2 Å². The van der Waals surface area contributed by atoms with Gasteiger partial charge in [-0.1, -0.05) is 85.5 Å². The van der Waals surface area contributed by atoms with Crippen LogP contribution in [0.3, 0.4) is 0 Å². The number of ether oxygens (including phenoxy) is 1. The van der Waals surface area contributed by atoms with Gasteiger partial charge in [-0.3, -0.25) is 4.68 Å². The standard InChI is InChI=1S/C30H22N2O/c1-20(7-6-12-30-26-9-3-5-11-29(26)33-30)21-13-15-22(16-14-21)23-17-18-25-24-8-2-4-10-27(24)32(31)28(25)19-23/h2-19H,1,31H2/b7-6-,30-12-. The Morgan fingerprint density at radius 3 is 2.36 bits per heavy atom. The minimum absolute atomic E-state index is 0.887. The van der Waals surface area contributed by atoms with Crippen LogP contribution in [0.4, 0.5) is 0 Å². The number of para-hydroxylation sites is 2. The van der Waals surface area contributed by atoms with Crippen LogP contribution in [-0.4, -0.2) is 4.68 Å². The molecule has 0 aliphatic carbocycles. The Labute approximate surface area is 192 Å². The maximum absolute atomic E-state index is 6.38. The van der Waals surface area contributed by atoms with E-state index in [1.54, 1.807) is 4.68 Å². The lowest BCUT2D eigenvalue weighted by molar-refractivity contribution is 0.465. The van der Waals surface area contributed by atoms with Crippen LogP contribution >= 0.6 is 0 Å². The van der Waals surface area contributed by atoms with E-state index in [4.69, 9.17) is 10.6 Å². The van der Waals surface area contributed by atoms with Crippen molar-refractivity contribution >= 4 is 33.1 Å². The number of hydrogen-bond acceptors (Lipinski definition) is 2. The van der Waals surface area contributed by atoms with E-state index in [0.29, 0.717) is 0 Å². The second kappa shape index (κ2) is 7.57. The summed E-state index contributed by atoms with van der Waals surface area (Å²) in [5, 5.41) is 2.34. The van der Waals surface area contributed by atoms with Gasteiger partial charge in [0.05, 0.1) is 16.6 Å². The lowest BCUT2D eigenvalue weighted by Crippen LogP contribution is -2.07. The smallest absolute Gasteiger partial charge is 0.138 e. The summed E-state index contributed by atoms with van der Waals surface area (Å²) in [6, 6.07) is 31.2. The summed E-state index contributed by atoms with van der Waals surface area (Å²) >= 11 is 0. The van der Waals surface area contributed by atoms with Gasteiger partial charge < -0.3 is 10.6 Å². The predicted octanol–water partition coefficient (Wildman–Crippen LogP) is 7.18. The normalized spacial score (nSPS) is 13.9. The summed E-state index contributed by atoms with van der Waals surface area (Å²) in [5.74, 6) is 8.19. The van der Waals surface area contributed by atoms with E-state index >= 15 is 0 Å². The molecule has 0 fully saturated rings. The predicted molar refractivity (Wildman–Crippen MR) is 138 cm³/mol. The van der Waals surface area contributed by atoms with Crippen LogP contribution in [0.15, 0.2) is 116 Å². The van der Waals surface area contributed by atoms with Crippen LogP contribution in [0.2, 0.25) is 0 Å². The van der Waals surface area contributed by atoms with Gasteiger partial charge >= 0.3 is 0 Å². The quantitative estimate of drug-likeness (QED) is 0.244. The largest absolute Gasteiger partial charge is 0.456 e. The molecule has 0 saturated heterocycles. The number of nitrogens with zero attached hydrogens (tertiary/aromatic N) is 1. The third-order valence-corrected chi connectivity index (χ3v) is 6.22. The highest BCUT2D eigenvalue weighted by molar-refractivity contribution is 6.09. The summed E-state index contributed by atoms with van der Waals surface area (Å²) in [5.41, 5.74) is 7.51. The fourth-order valence-corrected chi connectivity index (χ4v) is 4.41. The SMILES string of the molecule is C=C(/C=C\C=C1/Oc2ccccc21)c1ccc(-c2ccc3c4ccccc4n(N)c3c2)cc1. The van der Waals surface area contributed by atoms with Crippen molar-refractivity contribution in [2.45, 2.75) is 0 Å². The van der Waals surface area contributed by atoms with Crippen LogP contribution in [0, 0.1) is 0 Å². The first-order chi connectivity index (χ1) is 16.2. The molecule has 3 heteroatoms. The molecule has 0 saturated carbocycles. The van der Waals surface area contributed by atoms with Gasteiger partial charge in [0.25, 0.3) is 0 Å². The molecule has 6 rings (SSSR count). The highest BCUT2D eigenvalue weighted by Crippen LogP contribution is 2.37. The molecule has 3 nitrogen and oxygen atoms in total. The maximum Gasteiger partial charge on any atom is 0.138 e. The number of nitrogen functional groups attached to an aromatic ring is 1. The zero-order valence-electron chi connectivity index (χ0n) is 18.0. The fraction of sp³-hybridized carbons (Fsp3) is 0. The minimum Gasteiger partial charge on any atom is -0.456 e. The monoisotopic (exact) mass is 426 g/mol. The molecule has 2 N–H and O–H groups in total.